The van der Waals surface area contributed by atoms with E-state index in [9.17, 15) is 8.78 Å². The molecule has 0 aliphatic heterocycles. The van der Waals surface area contributed by atoms with Gasteiger partial charge in [0.1, 0.15) is 0 Å². The number of nitrogens with two attached hydrogens (primary N) is 1. The van der Waals surface area contributed by atoms with Gasteiger partial charge < -0.3 is 5.73 Å². The van der Waals surface area contributed by atoms with E-state index in [-0.39, 0.29) is 0 Å². The van der Waals surface area contributed by atoms with Crippen LogP contribution in [0.25, 0.3) is 0 Å². The van der Waals surface area contributed by atoms with Gasteiger partial charge in [0.05, 0.1) is 5.54 Å². The zero-order valence-electron chi connectivity index (χ0n) is 8.02. The molecule has 0 heterocycles. The predicted octanol–water partition coefficient (Wildman–Crippen LogP) is 3.09. The van der Waals surface area contributed by atoms with Gasteiger partial charge in [0.25, 0.3) is 6.43 Å². The zero-order valence-corrected chi connectivity index (χ0v) is 8.78. The Hall–Kier alpha value is -0.670. The summed E-state index contributed by atoms with van der Waals surface area (Å²) in [6.45, 7) is 3.06. The van der Waals surface area contributed by atoms with Crippen LogP contribution in [-0.4, -0.2) is 6.43 Å². The number of hydrogen-bond acceptors (Lipinski definition) is 1. The molecule has 78 valence electrons. The van der Waals surface area contributed by atoms with Crippen LogP contribution >= 0.6 is 11.6 Å². The first-order valence-corrected chi connectivity index (χ1v) is 4.57. The Morgan fingerprint density at radius 2 is 2.00 bits per heavy atom. The molecular weight excluding hydrogens is 208 g/mol. The highest BCUT2D eigenvalue weighted by molar-refractivity contribution is 6.31. The van der Waals surface area contributed by atoms with Gasteiger partial charge in [-0.1, -0.05) is 23.7 Å². The average molecular weight is 220 g/mol. The molecule has 1 unspecified atom stereocenters. The third kappa shape index (κ3) is 2.04. The molecule has 2 N–H and O–H groups in total. The molecule has 0 fully saturated rings. The molecule has 0 bridgehead atoms. The summed E-state index contributed by atoms with van der Waals surface area (Å²) in [6, 6.07) is 4.70. The molecule has 14 heavy (non-hydrogen) atoms. The van der Waals surface area contributed by atoms with Crippen LogP contribution in [0.4, 0.5) is 8.78 Å². The van der Waals surface area contributed by atoms with Gasteiger partial charge in [0.15, 0.2) is 0 Å². The summed E-state index contributed by atoms with van der Waals surface area (Å²) in [5.74, 6) is 0. The van der Waals surface area contributed by atoms with E-state index in [1.807, 2.05) is 0 Å². The molecule has 0 aromatic heterocycles. The lowest BCUT2D eigenvalue weighted by Gasteiger charge is -2.24. The lowest BCUT2D eigenvalue weighted by molar-refractivity contribution is 0.0625. The monoisotopic (exact) mass is 219 g/mol. The van der Waals surface area contributed by atoms with Crippen molar-refractivity contribution in [2.45, 2.75) is 25.8 Å². The molecular formula is C10H12ClF2N. The van der Waals surface area contributed by atoms with Crippen LogP contribution in [0.3, 0.4) is 0 Å². The van der Waals surface area contributed by atoms with Crippen molar-refractivity contribution in [1.29, 1.82) is 0 Å². The summed E-state index contributed by atoms with van der Waals surface area (Å²) in [6.07, 6.45) is -2.59. The van der Waals surface area contributed by atoms with Crippen LogP contribution in [0.5, 0.6) is 0 Å². The highest BCUT2D eigenvalue weighted by Crippen LogP contribution is 2.27. The van der Waals surface area contributed by atoms with Crippen LogP contribution in [0.1, 0.15) is 18.1 Å². The van der Waals surface area contributed by atoms with E-state index in [2.05, 4.69) is 0 Å². The summed E-state index contributed by atoms with van der Waals surface area (Å²) in [5, 5.41) is 0.554. The van der Waals surface area contributed by atoms with Gasteiger partial charge in [-0.25, -0.2) is 8.78 Å². The Bertz CT molecular complexity index is 337. The summed E-state index contributed by atoms with van der Waals surface area (Å²) < 4.78 is 25.1. The van der Waals surface area contributed by atoms with Crippen molar-refractivity contribution in [3.8, 4) is 0 Å². The van der Waals surface area contributed by atoms with Crippen LogP contribution in [0.15, 0.2) is 18.2 Å². The standard InChI is InChI=1S/C10H12ClF2N/c1-6-5-7(3-4-8(6)11)10(2,14)9(12)13/h3-5,9H,14H2,1-2H3. The number of benzene rings is 1. The Labute approximate surface area is 86.9 Å². The maximum Gasteiger partial charge on any atom is 0.260 e. The summed E-state index contributed by atoms with van der Waals surface area (Å²) in [4.78, 5) is 0. The fourth-order valence-electron chi connectivity index (χ4n) is 1.11. The molecule has 0 spiro atoms. The first-order valence-electron chi connectivity index (χ1n) is 4.19. The minimum Gasteiger partial charge on any atom is -0.317 e. The Morgan fingerprint density at radius 3 is 2.43 bits per heavy atom. The van der Waals surface area contributed by atoms with E-state index in [4.69, 9.17) is 17.3 Å². The van der Waals surface area contributed by atoms with Gasteiger partial charge in [0, 0.05) is 5.02 Å². The normalized spacial score (nSPS) is 15.6. The second kappa shape index (κ2) is 3.83. The number of rotatable bonds is 2. The number of aryl methyl sites for hydroxylation is 1. The van der Waals surface area contributed by atoms with Gasteiger partial charge in [-0.15, -0.1) is 0 Å². The molecule has 0 aliphatic carbocycles. The topological polar surface area (TPSA) is 26.0 Å². The smallest absolute Gasteiger partial charge is 0.260 e. The molecule has 0 amide bonds. The zero-order chi connectivity index (χ0) is 10.9. The van der Waals surface area contributed by atoms with Gasteiger partial charge in [0.2, 0.25) is 0 Å². The van der Waals surface area contributed by atoms with Gasteiger partial charge in [-0.05, 0) is 31.0 Å². The third-order valence-electron chi connectivity index (χ3n) is 2.23. The Kier molecular flexibility index (Phi) is 3.12. The second-order valence-corrected chi connectivity index (χ2v) is 3.95. The van der Waals surface area contributed by atoms with Crippen molar-refractivity contribution in [2.24, 2.45) is 5.73 Å². The third-order valence-corrected chi connectivity index (χ3v) is 2.66. The molecule has 1 nitrogen and oxygen atoms in total. The molecule has 0 saturated heterocycles. The quantitative estimate of drug-likeness (QED) is 0.813. The van der Waals surface area contributed by atoms with Crippen LogP contribution < -0.4 is 5.73 Å². The largest absolute Gasteiger partial charge is 0.317 e. The maximum atomic E-state index is 12.6. The highest BCUT2D eigenvalue weighted by Gasteiger charge is 2.32. The lowest BCUT2D eigenvalue weighted by atomic mass is 9.92. The van der Waals surface area contributed by atoms with Crippen LogP contribution in [-0.2, 0) is 5.54 Å². The van der Waals surface area contributed by atoms with Gasteiger partial charge in [-0.3, -0.25) is 0 Å². The average Bonchev–Trinajstić information content (AvgIpc) is 2.09. The highest BCUT2D eigenvalue weighted by atomic mass is 35.5. The van der Waals surface area contributed by atoms with Crippen molar-refractivity contribution in [3.63, 3.8) is 0 Å². The fraction of sp³-hybridized carbons (Fsp3) is 0.400. The van der Waals surface area contributed by atoms with Crippen molar-refractivity contribution >= 4 is 11.6 Å². The molecule has 4 heteroatoms. The van der Waals surface area contributed by atoms with Crippen LogP contribution in [0, 0.1) is 6.92 Å². The number of hydrogen-bond donors (Lipinski definition) is 1. The van der Waals surface area contributed by atoms with Crippen molar-refractivity contribution < 1.29 is 8.78 Å². The van der Waals surface area contributed by atoms with Crippen molar-refractivity contribution in [3.05, 3.63) is 34.3 Å². The van der Waals surface area contributed by atoms with Crippen molar-refractivity contribution in [2.75, 3.05) is 0 Å². The van der Waals surface area contributed by atoms with Crippen LogP contribution in [0.2, 0.25) is 5.02 Å². The van der Waals surface area contributed by atoms with Crippen molar-refractivity contribution in [1.82, 2.24) is 0 Å². The van der Waals surface area contributed by atoms with E-state index in [0.717, 1.165) is 5.56 Å². The summed E-state index contributed by atoms with van der Waals surface area (Å²) >= 11 is 5.78. The molecule has 1 aromatic carbocycles. The molecule has 1 rings (SSSR count). The van der Waals surface area contributed by atoms with E-state index in [0.29, 0.717) is 10.6 Å². The second-order valence-electron chi connectivity index (χ2n) is 3.55. The van der Waals surface area contributed by atoms with Gasteiger partial charge in [-0.2, -0.15) is 0 Å². The Balaban J connectivity index is 3.14. The first-order chi connectivity index (χ1) is 6.35. The molecule has 1 aromatic rings. The molecule has 0 aliphatic rings. The molecule has 0 radical (unpaired) electrons. The van der Waals surface area contributed by atoms with E-state index in [1.165, 1.54) is 13.0 Å². The van der Waals surface area contributed by atoms with E-state index >= 15 is 0 Å². The SMILES string of the molecule is Cc1cc(C(C)(N)C(F)F)ccc1Cl. The minimum atomic E-state index is -2.59. The molecule has 0 saturated carbocycles. The van der Waals surface area contributed by atoms with Gasteiger partial charge >= 0.3 is 0 Å². The van der Waals surface area contributed by atoms with E-state index < -0.39 is 12.0 Å². The summed E-state index contributed by atoms with van der Waals surface area (Å²) in [7, 11) is 0. The lowest BCUT2D eigenvalue weighted by Crippen LogP contribution is -2.40. The van der Waals surface area contributed by atoms with E-state index in [1.54, 1.807) is 19.1 Å². The minimum absolute atomic E-state index is 0.398. The Morgan fingerprint density at radius 1 is 1.43 bits per heavy atom. The maximum absolute atomic E-state index is 12.6. The molecule has 1 atom stereocenters. The number of alkyl halides is 2. The fourth-order valence-corrected chi connectivity index (χ4v) is 1.22. The predicted molar refractivity (Wildman–Crippen MR) is 53.7 cm³/mol. The summed E-state index contributed by atoms with van der Waals surface area (Å²) in [5.41, 5.74) is 5.04. The first kappa shape index (κ1) is 11.4. The number of halogens is 3.